The van der Waals surface area contributed by atoms with Crippen molar-refractivity contribution < 1.29 is 39.0 Å². The van der Waals surface area contributed by atoms with Crippen LogP contribution in [-0.2, 0) is 54.5 Å². The third-order valence-electron chi connectivity index (χ3n) is 9.65. The lowest BCUT2D eigenvalue weighted by molar-refractivity contribution is -0.142. The highest BCUT2D eigenvalue weighted by molar-refractivity contribution is 7.09. The quantitative estimate of drug-likeness (QED) is 0.113. The van der Waals surface area contributed by atoms with Crippen LogP contribution in [-0.4, -0.2) is 69.9 Å². The van der Waals surface area contributed by atoms with Crippen LogP contribution >= 0.6 is 11.3 Å². The van der Waals surface area contributed by atoms with Crippen LogP contribution in [0.3, 0.4) is 0 Å². The van der Waals surface area contributed by atoms with E-state index in [9.17, 15) is 39.0 Å². The summed E-state index contributed by atoms with van der Waals surface area (Å²) in [6.07, 6.45) is -0.492. The number of carbonyl (C=O) groups excluding carboxylic acids is 5. The molecule has 0 aliphatic carbocycles. The summed E-state index contributed by atoms with van der Waals surface area (Å²) in [6.45, 7) is 0. The largest absolute Gasteiger partial charge is 0.508 e. The summed E-state index contributed by atoms with van der Waals surface area (Å²) in [5.41, 5.74) is 4.14. The Hall–Kier alpha value is -6.80. The van der Waals surface area contributed by atoms with Crippen molar-refractivity contribution in [3.05, 3.63) is 142 Å². The first kappa shape index (κ1) is 40.9. The minimum Gasteiger partial charge on any atom is -0.508 e. The van der Waals surface area contributed by atoms with Gasteiger partial charge in [0.2, 0.25) is 29.5 Å². The molecule has 4 aromatic carbocycles. The second-order valence-corrected chi connectivity index (χ2v) is 15.0. The van der Waals surface area contributed by atoms with Gasteiger partial charge in [-0.15, -0.1) is 11.3 Å². The number of anilines is 1. The summed E-state index contributed by atoms with van der Waals surface area (Å²) in [5, 5.41) is 35.5. The molecule has 58 heavy (non-hydrogen) atoms. The van der Waals surface area contributed by atoms with Crippen LogP contribution < -0.4 is 26.6 Å². The van der Waals surface area contributed by atoms with Crippen LogP contribution in [0.5, 0.6) is 5.75 Å². The van der Waals surface area contributed by atoms with Crippen molar-refractivity contribution >= 4 is 52.5 Å². The summed E-state index contributed by atoms with van der Waals surface area (Å²) in [5.74, 6) is -4.49. The molecule has 298 valence electrons. The van der Waals surface area contributed by atoms with Gasteiger partial charge in [0.1, 0.15) is 29.9 Å². The number of hydrogen-bond acceptors (Lipinski definition) is 8. The Labute approximate surface area is 338 Å². The molecule has 7 N–H and O–H groups in total. The van der Waals surface area contributed by atoms with E-state index in [1.165, 1.54) is 23.5 Å². The van der Waals surface area contributed by atoms with Gasteiger partial charge in [0.05, 0.1) is 0 Å². The third kappa shape index (κ3) is 11.6. The Bertz CT molecular complexity index is 2210. The molecule has 0 fully saturated rings. The Morgan fingerprint density at radius 1 is 0.586 bits per heavy atom. The van der Waals surface area contributed by atoms with Gasteiger partial charge in [0.15, 0.2) is 0 Å². The smallest absolute Gasteiger partial charge is 0.326 e. The highest BCUT2D eigenvalue weighted by atomic mass is 32.1. The number of aliphatic carboxylic acids is 1. The normalized spacial score (nSPS) is 19.8. The number of hydrogen-bond donors (Lipinski definition) is 7. The van der Waals surface area contributed by atoms with Gasteiger partial charge in [0.25, 0.3) is 0 Å². The first-order valence-electron chi connectivity index (χ1n) is 18.8. The van der Waals surface area contributed by atoms with E-state index in [0.29, 0.717) is 22.4 Å². The van der Waals surface area contributed by atoms with Crippen LogP contribution in [0.25, 0.3) is 11.1 Å². The molecule has 3 heterocycles. The van der Waals surface area contributed by atoms with Crippen molar-refractivity contribution in [1.29, 1.82) is 0 Å². The van der Waals surface area contributed by atoms with Gasteiger partial charge >= 0.3 is 5.97 Å². The summed E-state index contributed by atoms with van der Waals surface area (Å²) in [4.78, 5) is 81.8. The molecule has 5 aromatic rings. The summed E-state index contributed by atoms with van der Waals surface area (Å²) in [7, 11) is 0. The van der Waals surface area contributed by atoms with E-state index < -0.39 is 59.7 Å². The van der Waals surface area contributed by atoms with E-state index >= 15 is 0 Å². The molecule has 1 aromatic heterocycles. The highest BCUT2D eigenvalue weighted by Crippen LogP contribution is 2.21. The molecule has 0 radical (unpaired) electrons. The highest BCUT2D eigenvalue weighted by Gasteiger charge is 2.32. The molecule has 2 aliphatic heterocycles. The van der Waals surface area contributed by atoms with E-state index in [4.69, 9.17) is 0 Å². The van der Waals surface area contributed by atoms with Crippen LogP contribution in [0.1, 0.15) is 34.4 Å². The summed E-state index contributed by atoms with van der Waals surface area (Å²) in [6, 6.07) is 28.1. The molecule has 0 saturated carbocycles. The van der Waals surface area contributed by atoms with Gasteiger partial charge in [0, 0.05) is 49.1 Å². The molecule has 2 bridgehead atoms. The number of carboxylic acid groups (broad SMARTS) is 1. The predicted molar refractivity (Wildman–Crippen MR) is 219 cm³/mol. The second kappa shape index (κ2) is 19.4. The van der Waals surface area contributed by atoms with Gasteiger partial charge < -0.3 is 36.8 Å². The van der Waals surface area contributed by atoms with E-state index in [0.717, 1.165) is 16.0 Å². The van der Waals surface area contributed by atoms with Crippen LogP contribution in [0.15, 0.2) is 121 Å². The number of phenolic OH excluding ortho intramolecular Hbond substituents is 1. The fraction of sp³-hybridized carbons (Fsp3) is 0.227. The number of aromatic hydroxyl groups is 1. The number of carbonyl (C=O) groups is 6. The van der Waals surface area contributed by atoms with Crippen molar-refractivity contribution in [3.63, 3.8) is 0 Å². The lowest BCUT2D eigenvalue weighted by Crippen LogP contribution is -2.59. The average molecular weight is 802 g/mol. The molecule has 0 saturated heterocycles. The van der Waals surface area contributed by atoms with E-state index in [1.807, 2.05) is 72.1 Å². The molecule has 0 spiro atoms. The first-order valence-corrected chi connectivity index (χ1v) is 19.6. The van der Waals surface area contributed by atoms with Gasteiger partial charge in [-0.3, -0.25) is 24.0 Å². The zero-order chi connectivity index (χ0) is 41.0. The standard InChI is InChI=1S/C44H43N5O8S/c50-33-18-12-29(13-19-33)24-36-42(54)49-38(44(56)57)25-28-10-16-32(17-11-28)45-39(51)20-21-40(52)46-37(26-34-7-4-22-58-34)43(55)48-35(41(53)47-36)23-27-8-14-31(15-9-27)30-5-2-1-3-6-30/h1-19,22,35-38,50H,20-21,23-26H2,(H,45,51)(H,46,52)(H,47,53)(H,48,55)(H,49,54)(H,56,57)/t35-,36-,37+,38+/m0/s1. The van der Waals surface area contributed by atoms with Crippen LogP contribution in [0, 0.1) is 0 Å². The number of benzene rings is 4. The SMILES string of the molecule is O=C1CCC(=O)N[C@H](Cc2cccs2)C(=O)N[C@@H](Cc2ccc(-c3ccccc3)cc2)C(=O)N[C@@H](Cc2ccc(O)cc2)C(=O)N[C@@H](C(=O)O)Cc2ccc(cc2)N1. The summed E-state index contributed by atoms with van der Waals surface area (Å²) < 4.78 is 0. The first-order chi connectivity index (χ1) is 28.0. The van der Waals surface area contributed by atoms with Crippen molar-refractivity contribution in [3.8, 4) is 16.9 Å². The van der Waals surface area contributed by atoms with Crippen molar-refractivity contribution in [1.82, 2.24) is 21.3 Å². The molecule has 5 amide bonds. The minimum atomic E-state index is -1.39. The molecule has 4 atom stereocenters. The Kier molecular flexibility index (Phi) is 13.6. The van der Waals surface area contributed by atoms with Crippen molar-refractivity contribution in [2.75, 3.05) is 5.32 Å². The maximum Gasteiger partial charge on any atom is 0.326 e. The Morgan fingerprint density at radius 2 is 1.14 bits per heavy atom. The van der Waals surface area contributed by atoms with Crippen molar-refractivity contribution in [2.45, 2.75) is 62.7 Å². The number of carboxylic acids is 1. The third-order valence-corrected chi connectivity index (χ3v) is 10.6. The number of rotatable bonds is 8. The summed E-state index contributed by atoms with van der Waals surface area (Å²) >= 11 is 1.39. The lowest BCUT2D eigenvalue weighted by Gasteiger charge is -2.26. The number of thiophene rings is 1. The van der Waals surface area contributed by atoms with E-state index in [1.54, 1.807) is 36.4 Å². The molecular formula is C44H43N5O8S. The molecule has 2 aliphatic rings. The number of nitrogens with one attached hydrogen (secondary N) is 5. The molecule has 7 rings (SSSR count). The fourth-order valence-corrected chi connectivity index (χ4v) is 7.27. The number of amides is 5. The van der Waals surface area contributed by atoms with Gasteiger partial charge in [-0.2, -0.15) is 0 Å². The maximum absolute atomic E-state index is 14.4. The lowest BCUT2D eigenvalue weighted by atomic mass is 9.99. The zero-order valence-electron chi connectivity index (χ0n) is 31.4. The number of fused-ring (bicyclic) bond motifs is 18. The van der Waals surface area contributed by atoms with Gasteiger partial charge in [-0.1, -0.05) is 84.9 Å². The number of phenols is 1. The predicted octanol–water partition coefficient (Wildman–Crippen LogP) is 4.15. The molecule has 0 unspecified atom stereocenters. The molecule has 13 nitrogen and oxygen atoms in total. The zero-order valence-corrected chi connectivity index (χ0v) is 32.2. The monoisotopic (exact) mass is 801 g/mol. The maximum atomic E-state index is 14.4. The minimum absolute atomic E-state index is 0.00634. The van der Waals surface area contributed by atoms with Crippen molar-refractivity contribution in [2.24, 2.45) is 0 Å². The second-order valence-electron chi connectivity index (χ2n) is 14.0. The topological polar surface area (TPSA) is 203 Å². The van der Waals surface area contributed by atoms with E-state index in [2.05, 4.69) is 26.6 Å². The Morgan fingerprint density at radius 3 is 1.72 bits per heavy atom. The Balaban J connectivity index is 1.35. The van der Waals surface area contributed by atoms with Gasteiger partial charge in [-0.25, -0.2) is 4.79 Å². The fourth-order valence-electron chi connectivity index (χ4n) is 6.52. The van der Waals surface area contributed by atoms with Gasteiger partial charge in [-0.05, 0) is 63.5 Å². The van der Waals surface area contributed by atoms with E-state index in [-0.39, 0.29) is 44.3 Å². The molecular weight excluding hydrogens is 759 g/mol. The van der Waals surface area contributed by atoms with Crippen LogP contribution in [0.4, 0.5) is 5.69 Å². The molecule has 14 heteroatoms. The van der Waals surface area contributed by atoms with Crippen LogP contribution in [0.2, 0.25) is 0 Å². The average Bonchev–Trinajstić information content (AvgIpc) is 3.74.